The summed E-state index contributed by atoms with van der Waals surface area (Å²) < 4.78 is 1.47. The highest BCUT2D eigenvalue weighted by Crippen LogP contribution is 2.17. The molecule has 0 aliphatic carbocycles. The Morgan fingerprint density at radius 3 is 2.89 bits per heavy atom. The van der Waals surface area contributed by atoms with Crippen molar-refractivity contribution in [3.63, 3.8) is 0 Å². The number of Topliss-reactive ketones (excluding diaryl/α,β-unsaturated/α-hetero) is 1. The first kappa shape index (κ1) is 12.7. The van der Waals surface area contributed by atoms with Crippen LogP contribution in [0.25, 0.3) is 0 Å². The molecule has 1 aromatic heterocycles. The van der Waals surface area contributed by atoms with Crippen LogP contribution in [0.1, 0.15) is 21.6 Å². The third-order valence-electron chi connectivity index (χ3n) is 2.59. The van der Waals surface area contributed by atoms with Crippen LogP contribution in [0.15, 0.2) is 24.4 Å². The maximum Gasteiger partial charge on any atom is 0.184 e. The van der Waals surface area contributed by atoms with Crippen LogP contribution in [0, 0.1) is 6.92 Å². The van der Waals surface area contributed by atoms with Crippen LogP contribution in [0.5, 0.6) is 0 Å². The van der Waals surface area contributed by atoms with Gasteiger partial charge in [0.2, 0.25) is 0 Å². The molecule has 94 valence electrons. The van der Waals surface area contributed by atoms with Crippen molar-refractivity contribution >= 4 is 17.4 Å². The Hall–Kier alpha value is -1.72. The van der Waals surface area contributed by atoms with Gasteiger partial charge in [0.25, 0.3) is 0 Å². The van der Waals surface area contributed by atoms with Crippen molar-refractivity contribution in [1.29, 1.82) is 0 Å². The topological polar surface area (TPSA) is 73.8 Å². The van der Waals surface area contributed by atoms with Crippen LogP contribution >= 0.6 is 11.6 Å². The second-order valence-electron chi connectivity index (χ2n) is 4.00. The second-order valence-corrected chi connectivity index (χ2v) is 4.41. The zero-order valence-electron chi connectivity index (χ0n) is 9.93. The van der Waals surface area contributed by atoms with E-state index in [-0.39, 0.29) is 12.3 Å². The van der Waals surface area contributed by atoms with Gasteiger partial charge >= 0.3 is 0 Å². The van der Waals surface area contributed by atoms with Crippen molar-refractivity contribution < 1.29 is 4.79 Å². The Morgan fingerprint density at radius 1 is 1.50 bits per heavy atom. The number of hydrogen-bond donors (Lipinski definition) is 1. The summed E-state index contributed by atoms with van der Waals surface area (Å²) in [6.45, 7) is 2.33. The van der Waals surface area contributed by atoms with E-state index in [9.17, 15) is 4.79 Å². The first-order valence-corrected chi connectivity index (χ1v) is 5.86. The van der Waals surface area contributed by atoms with Crippen molar-refractivity contribution in [2.75, 3.05) is 0 Å². The quantitative estimate of drug-likeness (QED) is 0.851. The summed E-state index contributed by atoms with van der Waals surface area (Å²) >= 11 is 5.98. The highest BCUT2D eigenvalue weighted by Gasteiger charge is 2.09. The van der Waals surface area contributed by atoms with E-state index >= 15 is 0 Å². The van der Waals surface area contributed by atoms with Crippen LogP contribution < -0.4 is 5.73 Å². The monoisotopic (exact) mass is 264 g/mol. The van der Waals surface area contributed by atoms with Gasteiger partial charge < -0.3 is 5.73 Å². The van der Waals surface area contributed by atoms with Crippen molar-refractivity contribution in [3.8, 4) is 0 Å². The van der Waals surface area contributed by atoms with Gasteiger partial charge in [-0.15, -0.1) is 5.10 Å². The van der Waals surface area contributed by atoms with Crippen LogP contribution in [-0.4, -0.2) is 20.8 Å². The summed E-state index contributed by atoms with van der Waals surface area (Å²) in [5.41, 5.74) is 7.59. The third kappa shape index (κ3) is 2.75. The van der Waals surface area contributed by atoms with Crippen LogP contribution in [0.3, 0.4) is 0 Å². The number of halogens is 1. The number of aromatic nitrogens is 3. The number of carbonyl (C=O) groups is 1. The summed E-state index contributed by atoms with van der Waals surface area (Å²) in [6.07, 6.45) is 1.66. The lowest BCUT2D eigenvalue weighted by Gasteiger charge is -2.03. The molecule has 6 heteroatoms. The van der Waals surface area contributed by atoms with Gasteiger partial charge in [0.05, 0.1) is 11.9 Å². The van der Waals surface area contributed by atoms with Gasteiger partial charge in [-0.05, 0) is 18.6 Å². The van der Waals surface area contributed by atoms with Crippen molar-refractivity contribution in [2.45, 2.75) is 20.0 Å². The molecule has 2 aromatic rings. The second kappa shape index (κ2) is 5.29. The minimum atomic E-state index is -0.0645. The lowest BCUT2D eigenvalue weighted by atomic mass is 10.1. The standard InChI is InChI=1S/C12H13ClN4O/c1-8-2-3-9(4-11(8)13)12(18)7-17-6-10(5-14)15-16-17/h2-4,6H,5,7,14H2,1H3. The summed E-state index contributed by atoms with van der Waals surface area (Å²) in [4.78, 5) is 12.0. The molecule has 0 saturated carbocycles. The summed E-state index contributed by atoms with van der Waals surface area (Å²) in [6, 6.07) is 5.24. The van der Waals surface area contributed by atoms with Crippen molar-refractivity contribution in [3.05, 3.63) is 46.2 Å². The van der Waals surface area contributed by atoms with Crippen LogP contribution in [0.4, 0.5) is 0 Å². The Kier molecular flexibility index (Phi) is 3.74. The zero-order chi connectivity index (χ0) is 13.1. The molecule has 2 N–H and O–H groups in total. The van der Waals surface area contributed by atoms with Crippen LogP contribution in [0.2, 0.25) is 5.02 Å². The molecule has 0 radical (unpaired) electrons. The molecule has 0 aliphatic heterocycles. The molecule has 0 unspecified atom stereocenters. The smallest absolute Gasteiger partial charge is 0.184 e. The number of benzene rings is 1. The molecule has 1 aromatic carbocycles. The van der Waals surface area contributed by atoms with Gasteiger partial charge in [0.1, 0.15) is 6.54 Å². The molecule has 1 heterocycles. The van der Waals surface area contributed by atoms with E-state index in [1.807, 2.05) is 13.0 Å². The molecular formula is C12H13ClN4O. The molecule has 0 spiro atoms. The predicted molar refractivity (Wildman–Crippen MR) is 68.4 cm³/mol. The number of ketones is 1. The number of nitrogens with two attached hydrogens (primary N) is 1. The Labute approximate surface area is 110 Å². The first-order valence-electron chi connectivity index (χ1n) is 5.48. The zero-order valence-corrected chi connectivity index (χ0v) is 10.7. The van der Waals surface area contributed by atoms with Gasteiger partial charge in [-0.25, -0.2) is 4.68 Å². The largest absolute Gasteiger partial charge is 0.325 e. The maximum atomic E-state index is 12.0. The van der Waals surface area contributed by atoms with E-state index in [0.29, 0.717) is 22.8 Å². The maximum absolute atomic E-state index is 12.0. The highest BCUT2D eigenvalue weighted by molar-refractivity contribution is 6.31. The van der Waals surface area contributed by atoms with Crippen LogP contribution in [-0.2, 0) is 13.1 Å². The molecule has 0 atom stereocenters. The molecule has 0 fully saturated rings. The molecule has 0 amide bonds. The van der Waals surface area contributed by atoms with Crippen molar-refractivity contribution in [1.82, 2.24) is 15.0 Å². The SMILES string of the molecule is Cc1ccc(C(=O)Cn2cc(CN)nn2)cc1Cl. The molecule has 18 heavy (non-hydrogen) atoms. The summed E-state index contributed by atoms with van der Waals surface area (Å²) in [5.74, 6) is -0.0645. The van der Waals surface area contributed by atoms with Gasteiger partial charge in [-0.1, -0.05) is 28.9 Å². The number of nitrogens with zero attached hydrogens (tertiary/aromatic N) is 3. The average Bonchev–Trinajstić information content (AvgIpc) is 2.80. The normalized spacial score (nSPS) is 10.6. The van der Waals surface area contributed by atoms with Gasteiger partial charge in [-0.3, -0.25) is 4.79 Å². The number of aryl methyl sites for hydroxylation is 1. The van der Waals surface area contributed by atoms with Gasteiger partial charge in [0.15, 0.2) is 5.78 Å². The van der Waals surface area contributed by atoms with E-state index in [2.05, 4.69) is 10.3 Å². The number of carbonyl (C=O) groups excluding carboxylic acids is 1. The molecule has 0 saturated heterocycles. The van der Waals surface area contributed by atoms with E-state index in [1.54, 1.807) is 18.3 Å². The number of hydrogen-bond acceptors (Lipinski definition) is 4. The molecular weight excluding hydrogens is 252 g/mol. The fourth-order valence-electron chi connectivity index (χ4n) is 1.51. The molecule has 0 aliphatic rings. The van der Waals surface area contributed by atoms with E-state index in [0.717, 1.165) is 5.56 Å². The Bertz CT molecular complexity index is 579. The Morgan fingerprint density at radius 2 is 2.28 bits per heavy atom. The average molecular weight is 265 g/mol. The summed E-state index contributed by atoms with van der Waals surface area (Å²) in [5, 5.41) is 8.23. The fourth-order valence-corrected chi connectivity index (χ4v) is 1.69. The van der Waals surface area contributed by atoms with Crippen molar-refractivity contribution in [2.24, 2.45) is 5.73 Å². The molecule has 2 rings (SSSR count). The molecule has 0 bridgehead atoms. The number of rotatable bonds is 4. The molecule has 5 nitrogen and oxygen atoms in total. The lowest BCUT2D eigenvalue weighted by molar-refractivity contribution is 0.0967. The lowest BCUT2D eigenvalue weighted by Crippen LogP contribution is -2.11. The Balaban J connectivity index is 2.14. The van der Waals surface area contributed by atoms with E-state index < -0.39 is 0 Å². The summed E-state index contributed by atoms with van der Waals surface area (Å²) in [7, 11) is 0. The first-order chi connectivity index (χ1) is 8.60. The van der Waals surface area contributed by atoms with E-state index in [1.165, 1.54) is 4.68 Å². The van der Waals surface area contributed by atoms with Gasteiger partial charge in [-0.2, -0.15) is 0 Å². The fraction of sp³-hybridized carbons (Fsp3) is 0.250. The highest BCUT2D eigenvalue weighted by atomic mass is 35.5. The minimum absolute atomic E-state index is 0.0645. The van der Waals surface area contributed by atoms with Gasteiger partial charge in [0, 0.05) is 17.1 Å². The minimum Gasteiger partial charge on any atom is -0.325 e. The predicted octanol–water partition coefficient (Wildman–Crippen LogP) is 1.58. The third-order valence-corrected chi connectivity index (χ3v) is 3.00. The van der Waals surface area contributed by atoms with E-state index in [4.69, 9.17) is 17.3 Å².